The molecule has 2 aromatic heterocycles. The van der Waals surface area contributed by atoms with E-state index in [0.717, 1.165) is 12.8 Å². The van der Waals surface area contributed by atoms with Crippen LogP contribution in [-0.4, -0.2) is 46.5 Å². The highest BCUT2D eigenvalue weighted by molar-refractivity contribution is 9.10. The second-order valence-electron chi connectivity index (χ2n) is 6.93. The monoisotopic (exact) mass is 476 g/mol. The Kier molecular flexibility index (Phi) is 5.93. The Morgan fingerprint density at radius 1 is 1.30 bits per heavy atom. The predicted molar refractivity (Wildman–Crippen MR) is 107 cm³/mol. The van der Waals surface area contributed by atoms with E-state index in [9.17, 15) is 14.0 Å². The summed E-state index contributed by atoms with van der Waals surface area (Å²) >= 11 is 3.13. The number of nitrogens with one attached hydrogen (secondary N) is 1. The van der Waals surface area contributed by atoms with Crippen molar-refractivity contribution in [2.45, 2.75) is 18.8 Å². The van der Waals surface area contributed by atoms with E-state index in [1.807, 2.05) is 0 Å². The third kappa shape index (κ3) is 4.59. The van der Waals surface area contributed by atoms with Crippen molar-refractivity contribution in [3.8, 4) is 11.4 Å². The van der Waals surface area contributed by atoms with Gasteiger partial charge in [-0.05, 0) is 53.0 Å². The van der Waals surface area contributed by atoms with Gasteiger partial charge in [-0.25, -0.2) is 4.39 Å². The topological polar surface area (TPSA) is 101 Å². The Morgan fingerprint density at radius 3 is 2.93 bits per heavy atom. The average Bonchev–Trinajstić information content (AvgIpc) is 3.41. The lowest BCUT2D eigenvalue weighted by Gasteiger charge is -2.31. The number of aromatic nitrogens is 2. The molecule has 3 heterocycles. The molecular weight excluding hydrogens is 459 g/mol. The van der Waals surface area contributed by atoms with E-state index in [2.05, 4.69) is 31.4 Å². The van der Waals surface area contributed by atoms with Crippen LogP contribution in [0.1, 0.15) is 35.2 Å². The first-order chi connectivity index (χ1) is 14.5. The van der Waals surface area contributed by atoms with Gasteiger partial charge in [-0.2, -0.15) is 4.98 Å². The number of likely N-dealkylation sites (tertiary alicyclic amines) is 1. The van der Waals surface area contributed by atoms with Gasteiger partial charge in [-0.1, -0.05) is 17.3 Å². The molecule has 1 saturated heterocycles. The lowest BCUT2D eigenvalue weighted by atomic mass is 9.98. The molecule has 0 saturated carbocycles. The molecule has 0 bridgehead atoms. The van der Waals surface area contributed by atoms with Crippen molar-refractivity contribution in [1.29, 1.82) is 0 Å². The summed E-state index contributed by atoms with van der Waals surface area (Å²) in [5, 5.41) is 6.50. The minimum Gasteiger partial charge on any atom is -0.444 e. The summed E-state index contributed by atoms with van der Waals surface area (Å²) in [6.07, 6.45) is 1.56. The zero-order valence-corrected chi connectivity index (χ0v) is 17.4. The molecular formula is C20H18BrFN4O4. The fraction of sp³-hybridized carbons (Fsp3) is 0.300. The lowest BCUT2D eigenvalue weighted by molar-refractivity contribution is -0.131. The van der Waals surface area contributed by atoms with E-state index < -0.39 is 5.91 Å². The Hall–Kier alpha value is -3.01. The number of amides is 2. The van der Waals surface area contributed by atoms with Crippen molar-refractivity contribution in [3.63, 3.8) is 0 Å². The molecule has 4 rings (SSSR count). The van der Waals surface area contributed by atoms with Crippen LogP contribution in [0, 0.1) is 5.82 Å². The van der Waals surface area contributed by atoms with E-state index in [4.69, 9.17) is 8.94 Å². The van der Waals surface area contributed by atoms with Gasteiger partial charge >= 0.3 is 0 Å². The third-order valence-corrected chi connectivity index (χ3v) is 5.27. The molecule has 1 aromatic carbocycles. The van der Waals surface area contributed by atoms with Crippen LogP contribution in [0.4, 0.5) is 4.39 Å². The molecule has 30 heavy (non-hydrogen) atoms. The molecule has 0 radical (unpaired) electrons. The highest BCUT2D eigenvalue weighted by atomic mass is 79.9. The first-order valence-electron chi connectivity index (χ1n) is 9.40. The van der Waals surface area contributed by atoms with Crippen LogP contribution in [0.5, 0.6) is 0 Å². The van der Waals surface area contributed by atoms with E-state index in [1.54, 1.807) is 23.1 Å². The number of hydrogen-bond acceptors (Lipinski definition) is 6. The van der Waals surface area contributed by atoms with Gasteiger partial charge in [0.25, 0.3) is 5.91 Å². The van der Waals surface area contributed by atoms with Crippen molar-refractivity contribution in [2.75, 3.05) is 19.6 Å². The van der Waals surface area contributed by atoms with E-state index in [1.165, 1.54) is 18.2 Å². The number of hydrogen-bond donors (Lipinski definition) is 1. The minimum atomic E-state index is -0.459. The van der Waals surface area contributed by atoms with Crippen molar-refractivity contribution < 1.29 is 22.9 Å². The number of furan rings is 1. The summed E-state index contributed by atoms with van der Waals surface area (Å²) in [5.41, 5.74) is 0.529. The molecule has 1 unspecified atom stereocenters. The smallest absolute Gasteiger partial charge is 0.287 e. The van der Waals surface area contributed by atoms with E-state index in [0.29, 0.717) is 35.0 Å². The van der Waals surface area contributed by atoms with Crippen LogP contribution >= 0.6 is 15.9 Å². The zero-order valence-electron chi connectivity index (χ0n) is 15.8. The molecule has 0 aliphatic carbocycles. The molecule has 10 heteroatoms. The summed E-state index contributed by atoms with van der Waals surface area (Å²) in [6.45, 7) is 0.858. The highest BCUT2D eigenvalue weighted by Crippen LogP contribution is 2.27. The van der Waals surface area contributed by atoms with Gasteiger partial charge in [-0.15, -0.1) is 0 Å². The van der Waals surface area contributed by atoms with Gasteiger partial charge in [0.05, 0.1) is 12.5 Å². The van der Waals surface area contributed by atoms with Crippen LogP contribution in [0.3, 0.4) is 0 Å². The van der Waals surface area contributed by atoms with Crippen LogP contribution in [-0.2, 0) is 4.79 Å². The van der Waals surface area contributed by atoms with Gasteiger partial charge in [0.2, 0.25) is 17.6 Å². The number of nitrogens with zero attached hydrogens (tertiary/aromatic N) is 3. The zero-order chi connectivity index (χ0) is 21.1. The van der Waals surface area contributed by atoms with Crippen LogP contribution < -0.4 is 5.32 Å². The van der Waals surface area contributed by atoms with Crippen LogP contribution in [0.15, 0.2) is 50.0 Å². The quantitative estimate of drug-likeness (QED) is 0.605. The third-order valence-electron chi connectivity index (χ3n) is 4.85. The van der Waals surface area contributed by atoms with Crippen molar-refractivity contribution in [2.24, 2.45) is 0 Å². The Morgan fingerprint density at radius 2 is 2.17 bits per heavy atom. The molecule has 1 fully saturated rings. The van der Waals surface area contributed by atoms with Gasteiger partial charge in [-0.3, -0.25) is 9.59 Å². The molecule has 3 aromatic rings. The molecule has 1 aliphatic rings. The van der Waals surface area contributed by atoms with E-state index in [-0.39, 0.29) is 29.9 Å². The Labute approximate surface area is 179 Å². The van der Waals surface area contributed by atoms with Gasteiger partial charge in [0.15, 0.2) is 10.4 Å². The minimum absolute atomic E-state index is 0.116. The average molecular weight is 477 g/mol. The molecule has 1 atom stereocenters. The maximum absolute atomic E-state index is 13.4. The number of carbonyl (C=O) groups excluding carboxylic acids is 2. The lowest BCUT2D eigenvalue weighted by Crippen LogP contribution is -2.44. The van der Waals surface area contributed by atoms with Crippen molar-refractivity contribution in [3.05, 3.63) is 58.5 Å². The van der Waals surface area contributed by atoms with Gasteiger partial charge in [0, 0.05) is 18.7 Å². The second kappa shape index (κ2) is 8.78. The van der Waals surface area contributed by atoms with Crippen LogP contribution in [0.2, 0.25) is 0 Å². The number of rotatable bonds is 5. The fourth-order valence-corrected chi connectivity index (χ4v) is 3.65. The summed E-state index contributed by atoms with van der Waals surface area (Å²) in [4.78, 5) is 30.6. The maximum atomic E-state index is 13.4. The molecule has 2 amide bonds. The van der Waals surface area contributed by atoms with Crippen molar-refractivity contribution >= 4 is 27.7 Å². The summed E-state index contributed by atoms with van der Waals surface area (Å²) in [7, 11) is 0. The normalized spacial score (nSPS) is 16.5. The number of halogens is 2. The van der Waals surface area contributed by atoms with Gasteiger partial charge < -0.3 is 19.2 Å². The first kappa shape index (κ1) is 20.3. The number of piperidine rings is 1. The molecule has 1 aliphatic heterocycles. The van der Waals surface area contributed by atoms with Crippen LogP contribution in [0.25, 0.3) is 11.4 Å². The Balaban J connectivity index is 1.36. The number of carbonyl (C=O) groups is 2. The van der Waals surface area contributed by atoms with Gasteiger partial charge in [0.1, 0.15) is 5.82 Å². The van der Waals surface area contributed by atoms with Crippen molar-refractivity contribution in [1.82, 2.24) is 20.4 Å². The predicted octanol–water partition coefficient (Wildman–Crippen LogP) is 3.37. The summed E-state index contributed by atoms with van der Waals surface area (Å²) < 4.78 is 24.4. The first-order valence-corrected chi connectivity index (χ1v) is 10.2. The summed E-state index contributed by atoms with van der Waals surface area (Å²) in [5.74, 6) is -0.308. The molecule has 0 spiro atoms. The number of benzene rings is 1. The maximum Gasteiger partial charge on any atom is 0.287 e. The SMILES string of the molecule is O=C(NCC(=O)N1CCCC(c2nc(-c3cccc(F)c3)no2)C1)c1ccc(Br)o1. The molecule has 8 nitrogen and oxygen atoms in total. The largest absolute Gasteiger partial charge is 0.444 e. The summed E-state index contributed by atoms with van der Waals surface area (Å²) in [6, 6.07) is 9.09. The molecule has 156 valence electrons. The molecule has 1 N–H and O–H groups in total. The highest BCUT2D eigenvalue weighted by Gasteiger charge is 2.29. The second-order valence-corrected chi connectivity index (χ2v) is 7.71. The fourth-order valence-electron chi connectivity index (χ4n) is 3.34. The Bertz CT molecular complexity index is 1070. The standard InChI is InChI=1S/C20H18BrFN4O4/c21-16-7-6-15(29-16)19(28)23-10-17(27)26-8-2-4-13(11-26)20-24-18(25-30-20)12-3-1-5-14(22)9-12/h1,3,5-7,9,13H,2,4,8,10-11H2,(H,23,28). The van der Waals surface area contributed by atoms with E-state index >= 15 is 0 Å².